The molecule has 0 fully saturated rings. The maximum absolute atomic E-state index is 12.2. The molecule has 0 heterocycles. The zero-order chi connectivity index (χ0) is 23.9. The Bertz CT molecular complexity index is 649. The van der Waals surface area contributed by atoms with Gasteiger partial charge in [0, 0.05) is 26.3 Å². The van der Waals surface area contributed by atoms with Gasteiger partial charge in [0.25, 0.3) is 0 Å². The molecule has 0 bridgehead atoms. The van der Waals surface area contributed by atoms with Crippen LogP contribution in [0.25, 0.3) is 0 Å². The second kappa shape index (κ2) is 15.9. The van der Waals surface area contributed by atoms with Gasteiger partial charge in [-0.1, -0.05) is 13.6 Å². The molecule has 0 aliphatic carbocycles. The number of aliphatic hydroxyl groups excluding tert-OH is 1. The van der Waals surface area contributed by atoms with E-state index in [4.69, 9.17) is 5.11 Å². The summed E-state index contributed by atoms with van der Waals surface area (Å²) in [6.45, 7) is 2.87. The van der Waals surface area contributed by atoms with Gasteiger partial charge < -0.3 is 39.5 Å². The highest BCUT2D eigenvalue weighted by atomic mass is 31.2. The highest BCUT2D eigenvalue weighted by molar-refractivity contribution is 7.50. The highest BCUT2D eigenvalue weighted by Crippen LogP contribution is 2.30. The summed E-state index contributed by atoms with van der Waals surface area (Å²) in [4.78, 5) is 61.7. The number of carbonyl (C=O) groups is 4. The minimum absolute atomic E-state index is 0.0316. The lowest BCUT2D eigenvalue weighted by Crippen LogP contribution is -2.46. The summed E-state index contributed by atoms with van der Waals surface area (Å²) in [6.07, 6.45) is 0.182. The van der Waals surface area contributed by atoms with E-state index >= 15 is 0 Å². The molecule has 174 valence electrons. The summed E-state index contributed by atoms with van der Waals surface area (Å²) < 4.78 is 15.7. The fraction of sp³-hybridized carbons (Fsp3) is 0.750. The molecule has 0 spiro atoms. The number of hydrogen-bond donors (Lipinski definition) is 3. The van der Waals surface area contributed by atoms with Gasteiger partial charge >= 0.3 is 0 Å². The van der Waals surface area contributed by atoms with Gasteiger partial charge in [0.1, 0.15) is 28.9 Å². The maximum Gasteiger partial charge on any atom is 0.241 e. The first-order chi connectivity index (χ1) is 14.5. The zero-order valence-electron chi connectivity index (χ0n) is 18.2. The van der Waals surface area contributed by atoms with Crippen LogP contribution in [0.5, 0.6) is 0 Å². The SMILES string of the molecule is C[B]CC(=O)N(CCNC(=O)CN(CCOP(C)(=O)[O-])C(=O)C[B]C)CC(=O)NCO. The normalized spacial score (nSPS) is 12.3. The van der Waals surface area contributed by atoms with E-state index < -0.39 is 26.1 Å². The Morgan fingerprint density at radius 3 is 1.90 bits per heavy atom. The van der Waals surface area contributed by atoms with E-state index in [1.807, 2.05) is 0 Å². The van der Waals surface area contributed by atoms with E-state index in [0.29, 0.717) is 0 Å². The molecule has 15 heteroatoms. The Labute approximate surface area is 184 Å². The second-order valence-corrected chi connectivity index (χ2v) is 8.37. The number of nitrogens with zero attached hydrogens (tertiary/aromatic N) is 2. The van der Waals surface area contributed by atoms with Crippen molar-refractivity contribution in [3.63, 3.8) is 0 Å². The van der Waals surface area contributed by atoms with E-state index in [-0.39, 0.29) is 63.8 Å². The first-order valence-electron chi connectivity index (χ1n) is 9.72. The summed E-state index contributed by atoms with van der Waals surface area (Å²) in [5, 5.41) is 13.5. The summed E-state index contributed by atoms with van der Waals surface area (Å²) in [5.41, 5.74) is 0. The second-order valence-electron chi connectivity index (χ2n) is 6.57. The Morgan fingerprint density at radius 2 is 1.45 bits per heavy atom. The summed E-state index contributed by atoms with van der Waals surface area (Å²) in [7, 11) is -0.708. The van der Waals surface area contributed by atoms with Crippen molar-refractivity contribution in [2.75, 3.05) is 52.7 Å². The minimum Gasteiger partial charge on any atom is -0.779 e. The van der Waals surface area contributed by atoms with Crippen molar-refractivity contribution < 1.29 is 38.3 Å². The van der Waals surface area contributed by atoms with Crippen LogP contribution in [0.3, 0.4) is 0 Å². The van der Waals surface area contributed by atoms with Crippen molar-refractivity contribution >= 4 is 45.8 Å². The van der Waals surface area contributed by atoms with Crippen molar-refractivity contribution in [3.8, 4) is 0 Å². The van der Waals surface area contributed by atoms with Crippen LogP contribution in [0.2, 0.25) is 26.3 Å². The molecular formula is C16H30B2N4O8P-. The molecule has 1 atom stereocenters. The van der Waals surface area contributed by atoms with E-state index in [9.17, 15) is 28.6 Å². The molecule has 0 aromatic rings. The average molecular weight is 459 g/mol. The quantitative estimate of drug-likeness (QED) is 0.128. The molecule has 0 aliphatic heterocycles. The molecule has 0 rings (SSSR count). The van der Waals surface area contributed by atoms with Crippen molar-refractivity contribution in [1.29, 1.82) is 0 Å². The molecule has 3 N–H and O–H groups in total. The van der Waals surface area contributed by atoms with Crippen LogP contribution in [-0.2, 0) is 28.3 Å². The van der Waals surface area contributed by atoms with E-state index in [0.717, 1.165) is 6.66 Å². The lowest BCUT2D eigenvalue weighted by Gasteiger charge is -2.25. The molecule has 0 saturated heterocycles. The molecule has 0 aromatic heterocycles. The monoisotopic (exact) mass is 459 g/mol. The summed E-state index contributed by atoms with van der Waals surface area (Å²) >= 11 is 0. The van der Waals surface area contributed by atoms with Crippen LogP contribution < -0.4 is 15.5 Å². The minimum atomic E-state index is -3.95. The number of nitrogens with one attached hydrogen (secondary N) is 2. The number of aliphatic hydroxyl groups is 1. The predicted molar refractivity (Wildman–Crippen MR) is 114 cm³/mol. The third-order valence-corrected chi connectivity index (χ3v) is 4.45. The van der Waals surface area contributed by atoms with E-state index in [1.54, 1.807) is 28.2 Å². The van der Waals surface area contributed by atoms with E-state index in [2.05, 4.69) is 15.2 Å². The molecule has 31 heavy (non-hydrogen) atoms. The van der Waals surface area contributed by atoms with Gasteiger partial charge in [-0.15, -0.1) is 0 Å². The Morgan fingerprint density at radius 1 is 0.968 bits per heavy atom. The molecule has 0 aliphatic rings. The van der Waals surface area contributed by atoms with Crippen LogP contribution in [0.1, 0.15) is 0 Å². The van der Waals surface area contributed by atoms with Crippen LogP contribution in [0.15, 0.2) is 0 Å². The Hall–Kier alpha value is -1.88. The lowest BCUT2D eigenvalue weighted by molar-refractivity contribution is -0.196. The van der Waals surface area contributed by atoms with Gasteiger partial charge in [-0.25, -0.2) is 0 Å². The lowest BCUT2D eigenvalue weighted by atomic mass is 9.77. The Balaban J connectivity index is 4.75. The predicted octanol–water partition coefficient (Wildman–Crippen LogP) is -2.63. The van der Waals surface area contributed by atoms with Crippen LogP contribution in [-0.4, -0.2) is 106 Å². The summed E-state index contributed by atoms with van der Waals surface area (Å²) in [5.74, 6) is -1.74. The average Bonchev–Trinajstić information content (AvgIpc) is 2.66. The van der Waals surface area contributed by atoms with Crippen LogP contribution in [0, 0.1) is 0 Å². The highest BCUT2D eigenvalue weighted by Gasteiger charge is 2.19. The fourth-order valence-corrected chi connectivity index (χ4v) is 2.80. The van der Waals surface area contributed by atoms with Gasteiger partial charge in [0.2, 0.25) is 23.6 Å². The number of hydrogen-bond acceptors (Lipinski definition) is 8. The Kier molecular flexibility index (Phi) is 14.9. The van der Waals surface area contributed by atoms with Crippen molar-refractivity contribution in [2.45, 2.75) is 26.3 Å². The number of carbonyl (C=O) groups excluding carboxylic acids is 4. The van der Waals surface area contributed by atoms with Gasteiger partial charge in [0.05, 0.1) is 19.7 Å². The smallest absolute Gasteiger partial charge is 0.241 e. The molecule has 2 radical (unpaired) electrons. The molecule has 0 aromatic carbocycles. The molecule has 0 saturated carbocycles. The number of amides is 4. The van der Waals surface area contributed by atoms with E-state index in [1.165, 1.54) is 9.80 Å². The van der Waals surface area contributed by atoms with Gasteiger partial charge in [0.15, 0.2) is 0 Å². The standard InChI is InChI=1S/C16H31B2N4O8P/c1-17-8-15(26)21(11-14(25)20-12-23)5-4-19-13(24)10-22(16(27)9-18-2)6-7-30-31(3,28)29/h23H,4-12H2,1-3H3,(H,19,24)(H,20,25)(H,28,29)/p-1. The maximum atomic E-state index is 12.2. The first-order valence-corrected chi connectivity index (χ1v) is 11.7. The first kappa shape index (κ1) is 29.1. The van der Waals surface area contributed by atoms with Gasteiger partial charge in [-0.3, -0.25) is 19.2 Å². The summed E-state index contributed by atoms with van der Waals surface area (Å²) in [6, 6.07) is 0. The molecule has 1 unspecified atom stereocenters. The van der Waals surface area contributed by atoms with Gasteiger partial charge in [-0.2, -0.15) is 0 Å². The van der Waals surface area contributed by atoms with Crippen molar-refractivity contribution in [3.05, 3.63) is 0 Å². The molecule has 12 nitrogen and oxygen atoms in total. The van der Waals surface area contributed by atoms with Crippen molar-refractivity contribution in [2.24, 2.45) is 0 Å². The van der Waals surface area contributed by atoms with Crippen LogP contribution in [0.4, 0.5) is 0 Å². The topological polar surface area (TPSA) is 168 Å². The number of rotatable bonds is 16. The zero-order valence-corrected chi connectivity index (χ0v) is 19.1. The van der Waals surface area contributed by atoms with Gasteiger partial charge in [-0.05, 0) is 12.6 Å². The largest absolute Gasteiger partial charge is 0.779 e. The molecule has 4 amide bonds. The van der Waals surface area contributed by atoms with Crippen molar-refractivity contribution in [1.82, 2.24) is 20.4 Å². The third kappa shape index (κ3) is 14.7. The fourth-order valence-electron chi connectivity index (χ4n) is 2.39. The van der Waals surface area contributed by atoms with Crippen LogP contribution >= 0.6 is 7.60 Å². The molecular weight excluding hydrogens is 429 g/mol. The third-order valence-electron chi connectivity index (χ3n) is 3.80.